The molecule has 0 saturated heterocycles. The highest BCUT2D eigenvalue weighted by atomic mass is 32.2. The third-order valence-electron chi connectivity index (χ3n) is 7.32. The van der Waals surface area contributed by atoms with Crippen molar-refractivity contribution in [2.75, 3.05) is 14.2 Å². The number of hydrogen-bond donors (Lipinski definition) is 0. The van der Waals surface area contributed by atoms with Crippen LogP contribution in [-0.4, -0.2) is 47.1 Å². The molecule has 3 aromatic rings. The van der Waals surface area contributed by atoms with Crippen molar-refractivity contribution in [3.8, 4) is 11.5 Å². The van der Waals surface area contributed by atoms with Gasteiger partial charge in [-0.05, 0) is 55.0 Å². The molecule has 228 valence electrons. The summed E-state index contributed by atoms with van der Waals surface area (Å²) in [5.41, 5.74) is 4.63. The number of allylic oxidation sites excluding steroid dienone is 1. The number of fused-ring (bicyclic) bond motifs is 1. The van der Waals surface area contributed by atoms with Gasteiger partial charge in [0.25, 0.3) is 0 Å². The first-order valence-electron chi connectivity index (χ1n) is 14.5. The molecule has 9 heteroatoms. The van der Waals surface area contributed by atoms with Gasteiger partial charge in [0.15, 0.2) is 16.7 Å². The summed E-state index contributed by atoms with van der Waals surface area (Å²) in [4.78, 5) is 35.5. The summed E-state index contributed by atoms with van der Waals surface area (Å²) in [5.74, 6) is 0.631. The van der Waals surface area contributed by atoms with Crippen LogP contribution in [0.5, 0.6) is 11.5 Å². The molecule has 44 heavy (non-hydrogen) atoms. The number of amides is 1. The predicted octanol–water partition coefficient (Wildman–Crippen LogP) is 6.85. The standard InChI is InChI=1S/C35H37N3O5S/c1-23(2)43-34(40)32-24(3)36-35-38(28(22-44-35)19-31(39)37(4)20-25-12-8-6-9-13-25)33(32)27-16-17-29(30(18-27)41-5)42-21-26-14-10-7-11-15-26/h6-18,22-23,33H,19-21H2,1-5H3/t33-/m0/s1. The zero-order valence-corrected chi connectivity index (χ0v) is 26.5. The number of aliphatic imine (C=N–C) groups is 1. The SMILES string of the molecule is COc1cc([C@H]2C(C(=O)OC(C)C)=C(C)N=C3SC=C(CC(=O)N(C)Cc4ccccc4)N32)ccc1OCc1ccccc1. The molecule has 0 fully saturated rings. The Labute approximate surface area is 263 Å². The molecule has 0 radical (unpaired) electrons. The van der Waals surface area contributed by atoms with E-state index in [1.54, 1.807) is 19.1 Å². The Morgan fingerprint density at radius 2 is 1.66 bits per heavy atom. The molecule has 3 aromatic carbocycles. The number of amidine groups is 1. The zero-order chi connectivity index (χ0) is 31.2. The van der Waals surface area contributed by atoms with Crippen LogP contribution in [0.1, 0.15) is 49.9 Å². The second kappa shape index (κ2) is 13.9. The van der Waals surface area contributed by atoms with Crippen LogP contribution >= 0.6 is 11.8 Å². The van der Waals surface area contributed by atoms with Crippen LogP contribution < -0.4 is 9.47 Å². The number of carbonyl (C=O) groups excluding carboxylic acids is 2. The van der Waals surface area contributed by atoms with E-state index in [0.717, 1.165) is 22.4 Å². The van der Waals surface area contributed by atoms with E-state index in [9.17, 15) is 9.59 Å². The van der Waals surface area contributed by atoms with E-state index in [0.29, 0.717) is 41.1 Å². The summed E-state index contributed by atoms with van der Waals surface area (Å²) in [6.45, 7) is 6.34. The molecule has 1 amide bonds. The smallest absolute Gasteiger partial charge is 0.338 e. The summed E-state index contributed by atoms with van der Waals surface area (Å²) in [5, 5.41) is 2.64. The molecule has 8 nitrogen and oxygen atoms in total. The number of thioether (sulfide) groups is 1. The van der Waals surface area contributed by atoms with Gasteiger partial charge >= 0.3 is 5.97 Å². The molecule has 0 N–H and O–H groups in total. The number of carbonyl (C=O) groups is 2. The minimum absolute atomic E-state index is 0.0412. The van der Waals surface area contributed by atoms with Crippen LogP contribution in [0.2, 0.25) is 0 Å². The summed E-state index contributed by atoms with van der Waals surface area (Å²) in [7, 11) is 3.39. The van der Waals surface area contributed by atoms with Crippen molar-refractivity contribution >= 4 is 28.8 Å². The lowest BCUT2D eigenvalue weighted by atomic mass is 9.93. The summed E-state index contributed by atoms with van der Waals surface area (Å²) in [6.07, 6.45) is -0.166. The first-order valence-corrected chi connectivity index (χ1v) is 15.4. The average Bonchev–Trinajstić information content (AvgIpc) is 3.41. The Morgan fingerprint density at radius 3 is 2.32 bits per heavy atom. The maximum atomic E-state index is 13.6. The summed E-state index contributed by atoms with van der Waals surface area (Å²) >= 11 is 1.44. The quantitative estimate of drug-likeness (QED) is 0.220. The Balaban J connectivity index is 1.46. The highest BCUT2D eigenvalue weighted by Crippen LogP contribution is 2.46. The third-order valence-corrected chi connectivity index (χ3v) is 8.21. The van der Waals surface area contributed by atoms with E-state index in [4.69, 9.17) is 19.2 Å². The topological polar surface area (TPSA) is 80.7 Å². The molecule has 5 rings (SSSR count). The van der Waals surface area contributed by atoms with Crippen LogP contribution in [0.25, 0.3) is 0 Å². The largest absolute Gasteiger partial charge is 0.493 e. The lowest BCUT2D eigenvalue weighted by molar-refractivity contribution is -0.143. The van der Waals surface area contributed by atoms with E-state index in [1.165, 1.54) is 11.8 Å². The maximum absolute atomic E-state index is 13.6. The number of hydrogen-bond acceptors (Lipinski definition) is 8. The second-order valence-corrected chi connectivity index (χ2v) is 11.8. The molecule has 2 heterocycles. The molecule has 1 atom stereocenters. The van der Waals surface area contributed by atoms with Crippen LogP contribution in [0.3, 0.4) is 0 Å². The van der Waals surface area contributed by atoms with Gasteiger partial charge in [0.05, 0.1) is 36.9 Å². The number of ether oxygens (including phenoxy) is 3. The van der Waals surface area contributed by atoms with Crippen LogP contribution in [0.15, 0.2) is 106 Å². The molecule has 0 unspecified atom stereocenters. The minimum atomic E-state index is -0.584. The third kappa shape index (κ3) is 7.00. The fourth-order valence-corrected chi connectivity index (χ4v) is 6.13. The number of esters is 1. The monoisotopic (exact) mass is 611 g/mol. The minimum Gasteiger partial charge on any atom is -0.493 e. The van der Waals surface area contributed by atoms with Crippen LogP contribution in [0, 0.1) is 0 Å². The lowest BCUT2D eigenvalue weighted by Crippen LogP contribution is -2.38. The lowest BCUT2D eigenvalue weighted by Gasteiger charge is -2.37. The number of nitrogens with zero attached hydrogens (tertiary/aromatic N) is 3. The fourth-order valence-electron chi connectivity index (χ4n) is 5.17. The van der Waals surface area contributed by atoms with E-state index in [1.807, 2.05) is 110 Å². The van der Waals surface area contributed by atoms with Gasteiger partial charge in [0, 0.05) is 19.3 Å². The van der Waals surface area contributed by atoms with Gasteiger partial charge < -0.3 is 24.0 Å². The summed E-state index contributed by atoms with van der Waals surface area (Å²) in [6, 6.07) is 24.9. The molecule has 0 bridgehead atoms. The van der Waals surface area contributed by atoms with Crippen molar-refractivity contribution in [2.24, 2.45) is 4.99 Å². The van der Waals surface area contributed by atoms with E-state index < -0.39 is 12.0 Å². The van der Waals surface area contributed by atoms with Gasteiger partial charge in [0.1, 0.15) is 6.61 Å². The van der Waals surface area contributed by atoms with Crippen molar-refractivity contribution in [1.82, 2.24) is 9.80 Å². The van der Waals surface area contributed by atoms with Gasteiger partial charge in [-0.25, -0.2) is 9.79 Å². The molecule has 0 aromatic heterocycles. The number of rotatable bonds is 11. The van der Waals surface area contributed by atoms with Crippen molar-refractivity contribution in [1.29, 1.82) is 0 Å². The van der Waals surface area contributed by atoms with E-state index in [-0.39, 0.29) is 18.4 Å². The highest BCUT2D eigenvalue weighted by molar-refractivity contribution is 8.16. The van der Waals surface area contributed by atoms with Crippen molar-refractivity contribution in [3.63, 3.8) is 0 Å². The molecular formula is C35H37N3O5S. The molecule has 2 aliphatic rings. The van der Waals surface area contributed by atoms with Crippen molar-refractivity contribution in [3.05, 3.63) is 118 Å². The first kappa shape index (κ1) is 30.9. The maximum Gasteiger partial charge on any atom is 0.338 e. The zero-order valence-electron chi connectivity index (χ0n) is 25.7. The van der Waals surface area contributed by atoms with E-state index >= 15 is 0 Å². The molecule has 0 aliphatic carbocycles. The van der Waals surface area contributed by atoms with E-state index in [2.05, 4.69) is 0 Å². The fraction of sp³-hybridized carbons (Fsp3) is 0.286. The number of benzene rings is 3. The predicted molar refractivity (Wildman–Crippen MR) is 173 cm³/mol. The first-order chi connectivity index (χ1) is 21.2. The average molecular weight is 612 g/mol. The van der Waals surface area contributed by atoms with Gasteiger partial charge in [-0.2, -0.15) is 0 Å². The van der Waals surface area contributed by atoms with Gasteiger partial charge in [0.2, 0.25) is 5.91 Å². The van der Waals surface area contributed by atoms with Crippen LogP contribution in [-0.2, 0) is 27.5 Å². The number of methoxy groups -OCH3 is 1. The van der Waals surface area contributed by atoms with Crippen molar-refractivity contribution < 1.29 is 23.8 Å². The molecule has 2 aliphatic heterocycles. The highest BCUT2D eigenvalue weighted by Gasteiger charge is 2.42. The Hall–Kier alpha value is -4.50. The Bertz CT molecular complexity index is 1600. The van der Waals surface area contributed by atoms with Gasteiger partial charge in [-0.3, -0.25) is 4.79 Å². The Morgan fingerprint density at radius 1 is 0.977 bits per heavy atom. The van der Waals surface area contributed by atoms with Crippen LogP contribution in [0.4, 0.5) is 0 Å². The molecular weight excluding hydrogens is 574 g/mol. The second-order valence-electron chi connectivity index (χ2n) is 10.9. The van der Waals surface area contributed by atoms with Crippen molar-refractivity contribution in [2.45, 2.75) is 52.5 Å². The summed E-state index contributed by atoms with van der Waals surface area (Å²) < 4.78 is 17.6. The molecule has 0 spiro atoms. The molecule has 0 saturated carbocycles. The normalized spacial score (nSPS) is 15.9. The van der Waals surface area contributed by atoms with Gasteiger partial charge in [-0.1, -0.05) is 78.5 Å². The van der Waals surface area contributed by atoms with Gasteiger partial charge in [-0.15, -0.1) is 0 Å². The Kier molecular flexibility index (Phi) is 9.75.